The van der Waals surface area contributed by atoms with Crippen LogP contribution in [0, 0.1) is 0 Å². The highest BCUT2D eigenvalue weighted by Gasteiger charge is 2.27. The Morgan fingerprint density at radius 3 is 2.41 bits per heavy atom. The van der Waals surface area contributed by atoms with Crippen molar-refractivity contribution in [1.29, 1.82) is 0 Å². The Morgan fingerprint density at radius 1 is 1.03 bits per heavy atom. The summed E-state index contributed by atoms with van der Waals surface area (Å²) in [6.45, 7) is 6.78. The van der Waals surface area contributed by atoms with Crippen LogP contribution >= 0.6 is 0 Å². The van der Waals surface area contributed by atoms with E-state index >= 15 is 0 Å². The van der Waals surface area contributed by atoms with Gasteiger partial charge in [-0.3, -0.25) is 14.8 Å². The van der Waals surface area contributed by atoms with Crippen molar-refractivity contribution in [3.8, 4) is 33.9 Å². The lowest BCUT2D eigenvalue weighted by Gasteiger charge is -2.13. The van der Waals surface area contributed by atoms with E-state index < -0.39 is 5.91 Å². The smallest absolute Gasteiger partial charge is 0.274 e. The summed E-state index contributed by atoms with van der Waals surface area (Å²) in [5.74, 6) is -0.763. The Bertz CT molecular complexity index is 1220. The van der Waals surface area contributed by atoms with Gasteiger partial charge < -0.3 is 25.4 Å². The van der Waals surface area contributed by atoms with Gasteiger partial charge in [0.15, 0.2) is 11.5 Å². The number of hydrogen-bond donors (Lipinski definition) is 6. The minimum atomic E-state index is -0.396. The predicted octanol–water partition coefficient (Wildman–Crippen LogP) is 4.77. The molecule has 0 aliphatic heterocycles. The second kappa shape index (κ2) is 12.8. The van der Waals surface area contributed by atoms with Crippen LogP contribution in [0.15, 0.2) is 40.9 Å². The fourth-order valence-electron chi connectivity index (χ4n) is 4.01. The molecule has 10 heteroatoms. The molecule has 0 aliphatic carbocycles. The molecule has 0 saturated heterocycles. The van der Waals surface area contributed by atoms with Crippen molar-refractivity contribution >= 4 is 17.5 Å². The molecular weight excluding hydrogens is 476 g/mol. The van der Waals surface area contributed by atoms with Gasteiger partial charge in [0.2, 0.25) is 5.91 Å². The SMILES string of the molecule is CCNC(=O)c1noc(-c2cc(C(C)C)c(O)cc2O)c1-c1ccc(NCCCCCC(=O)NO)cc1. The maximum absolute atomic E-state index is 12.8. The van der Waals surface area contributed by atoms with Gasteiger partial charge in [0, 0.05) is 31.3 Å². The minimum Gasteiger partial charge on any atom is -0.508 e. The summed E-state index contributed by atoms with van der Waals surface area (Å²) < 4.78 is 5.60. The number of carbonyl (C=O) groups is 2. The number of anilines is 1. The first-order valence-corrected chi connectivity index (χ1v) is 12.4. The summed E-state index contributed by atoms with van der Waals surface area (Å²) in [6, 6.07) is 10.4. The van der Waals surface area contributed by atoms with Crippen LogP contribution in [0.25, 0.3) is 22.5 Å². The molecular formula is C27H34N4O6. The Hall–Kier alpha value is -4.05. The zero-order valence-corrected chi connectivity index (χ0v) is 21.3. The van der Waals surface area contributed by atoms with Gasteiger partial charge in [-0.05, 0) is 55.0 Å². The van der Waals surface area contributed by atoms with Crippen LogP contribution in [0.4, 0.5) is 5.69 Å². The highest BCUT2D eigenvalue weighted by Crippen LogP contribution is 2.43. The summed E-state index contributed by atoms with van der Waals surface area (Å²) in [5, 5.41) is 39.5. The highest BCUT2D eigenvalue weighted by molar-refractivity contribution is 6.02. The number of aromatic nitrogens is 1. The number of hydroxylamine groups is 1. The van der Waals surface area contributed by atoms with E-state index in [2.05, 4.69) is 15.8 Å². The molecule has 2 amide bonds. The number of nitrogens with zero attached hydrogens (tertiary/aromatic N) is 1. The molecule has 0 bridgehead atoms. The fourth-order valence-corrected chi connectivity index (χ4v) is 4.01. The van der Waals surface area contributed by atoms with Crippen LogP contribution in [-0.4, -0.2) is 45.5 Å². The zero-order valence-electron chi connectivity index (χ0n) is 21.3. The molecule has 0 radical (unpaired) electrons. The van der Waals surface area contributed by atoms with E-state index in [1.807, 2.05) is 38.1 Å². The van der Waals surface area contributed by atoms with Crippen LogP contribution in [0.5, 0.6) is 11.5 Å². The van der Waals surface area contributed by atoms with Crippen LogP contribution in [0.3, 0.4) is 0 Å². The van der Waals surface area contributed by atoms with Crippen LogP contribution in [-0.2, 0) is 4.79 Å². The Labute approximate surface area is 215 Å². The lowest BCUT2D eigenvalue weighted by Crippen LogP contribution is -2.23. The number of carbonyl (C=O) groups excluding carboxylic acids is 2. The Kier molecular flexibility index (Phi) is 9.51. The first kappa shape index (κ1) is 27.5. The fraction of sp³-hybridized carbons (Fsp3) is 0.370. The quantitative estimate of drug-likeness (QED) is 0.116. The normalized spacial score (nSPS) is 10.9. The van der Waals surface area contributed by atoms with E-state index in [1.165, 1.54) is 6.07 Å². The topological polar surface area (TPSA) is 157 Å². The van der Waals surface area contributed by atoms with Crippen molar-refractivity contribution in [2.75, 3.05) is 18.4 Å². The number of phenols is 2. The van der Waals surface area contributed by atoms with E-state index in [0.717, 1.165) is 18.5 Å². The number of aromatic hydroxyl groups is 2. The monoisotopic (exact) mass is 510 g/mol. The third-order valence-electron chi connectivity index (χ3n) is 5.96. The standard InChI is InChI=1S/C27H34N4O6/c1-4-28-27(35)25-24(26(37-31-25)20-14-19(16(2)3)21(32)15-22(20)33)17-9-11-18(12-10-17)29-13-7-5-6-8-23(34)30-36/h9-12,14-16,29,32-33,36H,4-8,13H2,1-3H3,(H,28,35)(H,30,34). The first-order valence-electron chi connectivity index (χ1n) is 12.4. The molecule has 10 nitrogen and oxygen atoms in total. The second-order valence-electron chi connectivity index (χ2n) is 9.03. The molecule has 3 rings (SSSR count). The second-order valence-corrected chi connectivity index (χ2v) is 9.03. The maximum Gasteiger partial charge on any atom is 0.274 e. The number of benzene rings is 2. The molecule has 1 heterocycles. The first-order chi connectivity index (χ1) is 17.8. The van der Waals surface area contributed by atoms with Gasteiger partial charge in [0.1, 0.15) is 11.5 Å². The summed E-state index contributed by atoms with van der Waals surface area (Å²) in [5.41, 5.74) is 4.69. The molecule has 3 aromatic rings. The molecule has 37 heavy (non-hydrogen) atoms. The maximum atomic E-state index is 12.8. The molecule has 0 saturated carbocycles. The highest BCUT2D eigenvalue weighted by atomic mass is 16.5. The summed E-state index contributed by atoms with van der Waals surface area (Å²) in [6.07, 6.45) is 2.67. The molecule has 2 aromatic carbocycles. The van der Waals surface area contributed by atoms with Crippen molar-refractivity contribution in [1.82, 2.24) is 16.0 Å². The molecule has 0 spiro atoms. The van der Waals surface area contributed by atoms with Crippen molar-refractivity contribution in [2.45, 2.75) is 52.4 Å². The third kappa shape index (κ3) is 6.79. The number of rotatable bonds is 12. The van der Waals surface area contributed by atoms with E-state index in [1.54, 1.807) is 18.5 Å². The van der Waals surface area contributed by atoms with Crippen molar-refractivity contribution in [3.05, 3.63) is 47.7 Å². The van der Waals surface area contributed by atoms with Gasteiger partial charge in [-0.2, -0.15) is 0 Å². The summed E-state index contributed by atoms with van der Waals surface area (Å²) in [7, 11) is 0. The minimum absolute atomic E-state index is 0.00854. The summed E-state index contributed by atoms with van der Waals surface area (Å²) in [4.78, 5) is 23.8. The molecule has 0 aliphatic rings. The molecule has 0 fully saturated rings. The molecule has 0 unspecified atom stereocenters. The van der Waals surface area contributed by atoms with E-state index in [9.17, 15) is 19.8 Å². The van der Waals surface area contributed by atoms with Gasteiger partial charge in [0.05, 0.1) is 11.1 Å². The molecule has 1 aromatic heterocycles. The van der Waals surface area contributed by atoms with Crippen LogP contribution < -0.4 is 16.1 Å². The lowest BCUT2D eigenvalue weighted by atomic mass is 9.94. The number of hydrogen-bond acceptors (Lipinski definition) is 8. The van der Waals surface area contributed by atoms with Crippen LogP contribution in [0.1, 0.15) is 68.4 Å². The average Bonchev–Trinajstić information content (AvgIpc) is 3.31. The van der Waals surface area contributed by atoms with E-state index in [4.69, 9.17) is 9.73 Å². The van der Waals surface area contributed by atoms with Gasteiger partial charge in [-0.25, -0.2) is 5.48 Å². The average molecular weight is 511 g/mol. The zero-order chi connectivity index (χ0) is 26.9. The predicted molar refractivity (Wildman–Crippen MR) is 140 cm³/mol. The number of unbranched alkanes of at least 4 members (excludes halogenated alkanes) is 2. The van der Waals surface area contributed by atoms with Gasteiger partial charge in [-0.15, -0.1) is 0 Å². The number of phenolic OH excluding ortho intramolecular Hbond substituents is 2. The Balaban J connectivity index is 1.86. The van der Waals surface area contributed by atoms with Crippen LogP contribution in [0.2, 0.25) is 0 Å². The van der Waals surface area contributed by atoms with Crippen molar-refractivity contribution < 1.29 is 29.5 Å². The molecule has 6 N–H and O–H groups in total. The van der Waals surface area contributed by atoms with E-state index in [0.29, 0.717) is 41.8 Å². The largest absolute Gasteiger partial charge is 0.508 e. The van der Waals surface area contributed by atoms with Gasteiger partial charge in [-0.1, -0.05) is 37.6 Å². The van der Waals surface area contributed by atoms with Crippen molar-refractivity contribution in [3.63, 3.8) is 0 Å². The van der Waals surface area contributed by atoms with Crippen molar-refractivity contribution in [2.24, 2.45) is 0 Å². The lowest BCUT2D eigenvalue weighted by molar-refractivity contribution is -0.129. The third-order valence-corrected chi connectivity index (χ3v) is 5.96. The Morgan fingerprint density at radius 2 is 1.76 bits per heavy atom. The molecule has 198 valence electrons. The van der Waals surface area contributed by atoms with Gasteiger partial charge >= 0.3 is 0 Å². The summed E-state index contributed by atoms with van der Waals surface area (Å²) >= 11 is 0. The number of nitrogens with one attached hydrogen (secondary N) is 3. The number of amides is 2. The van der Waals surface area contributed by atoms with Gasteiger partial charge in [0.25, 0.3) is 5.91 Å². The van der Waals surface area contributed by atoms with E-state index in [-0.39, 0.29) is 41.2 Å². The molecule has 0 atom stereocenters.